The van der Waals surface area contributed by atoms with Gasteiger partial charge in [0.15, 0.2) is 0 Å². The molecular weight excluding hydrogens is 370 g/mol. The lowest BCUT2D eigenvalue weighted by Crippen LogP contribution is -2.49. The Hall–Kier alpha value is -2.90. The van der Waals surface area contributed by atoms with Gasteiger partial charge in [0.2, 0.25) is 0 Å². The third kappa shape index (κ3) is 4.75. The standard InChI is InChI=1S/C22H25N3O4/c1-16-12-22(27)29-20-13-18(5-6-19(16)20)28-15-17(26)14-24-8-10-25(11-9-24)21-4-2-3-7-23-21/h2-7,12-13,17,26H,8-11,14-15H2,1H3. The maximum Gasteiger partial charge on any atom is 0.336 e. The molecule has 1 aliphatic rings. The molecule has 1 aromatic carbocycles. The molecule has 7 nitrogen and oxygen atoms in total. The van der Waals surface area contributed by atoms with E-state index in [1.54, 1.807) is 6.07 Å². The summed E-state index contributed by atoms with van der Waals surface area (Å²) in [6.07, 6.45) is 1.21. The molecule has 29 heavy (non-hydrogen) atoms. The van der Waals surface area contributed by atoms with Crippen LogP contribution in [0.1, 0.15) is 5.56 Å². The number of hydrogen-bond acceptors (Lipinski definition) is 7. The number of aryl methyl sites for hydroxylation is 1. The number of aliphatic hydroxyl groups is 1. The van der Waals surface area contributed by atoms with Crippen LogP contribution in [0.3, 0.4) is 0 Å². The second-order valence-corrected chi connectivity index (χ2v) is 7.35. The van der Waals surface area contributed by atoms with Crippen LogP contribution in [-0.4, -0.2) is 60.4 Å². The number of fused-ring (bicyclic) bond motifs is 1. The van der Waals surface area contributed by atoms with Crippen molar-refractivity contribution in [3.8, 4) is 5.75 Å². The molecule has 0 radical (unpaired) electrons. The van der Waals surface area contributed by atoms with Crippen LogP contribution < -0.4 is 15.3 Å². The summed E-state index contributed by atoms with van der Waals surface area (Å²) < 4.78 is 11.0. The van der Waals surface area contributed by atoms with Gasteiger partial charge >= 0.3 is 5.63 Å². The molecule has 2 aromatic heterocycles. The predicted octanol–water partition coefficient (Wildman–Crippen LogP) is 2.06. The van der Waals surface area contributed by atoms with Gasteiger partial charge in [-0.05, 0) is 36.8 Å². The van der Waals surface area contributed by atoms with Gasteiger partial charge in [0.25, 0.3) is 0 Å². The first-order valence-electron chi connectivity index (χ1n) is 9.82. The number of nitrogens with zero attached hydrogens (tertiary/aromatic N) is 3. The zero-order valence-electron chi connectivity index (χ0n) is 16.5. The highest BCUT2D eigenvalue weighted by molar-refractivity contribution is 5.81. The fourth-order valence-electron chi connectivity index (χ4n) is 3.64. The Morgan fingerprint density at radius 2 is 2.00 bits per heavy atom. The number of benzene rings is 1. The van der Waals surface area contributed by atoms with Gasteiger partial charge in [0, 0.05) is 56.4 Å². The Labute approximate surface area is 169 Å². The Morgan fingerprint density at radius 3 is 2.76 bits per heavy atom. The Balaban J connectivity index is 1.28. The van der Waals surface area contributed by atoms with Gasteiger partial charge in [-0.25, -0.2) is 9.78 Å². The third-order valence-electron chi connectivity index (χ3n) is 5.18. The second-order valence-electron chi connectivity index (χ2n) is 7.35. The van der Waals surface area contributed by atoms with Crippen molar-refractivity contribution >= 4 is 16.8 Å². The molecule has 0 bridgehead atoms. The van der Waals surface area contributed by atoms with Gasteiger partial charge < -0.3 is 19.2 Å². The topological polar surface area (TPSA) is 79.0 Å². The van der Waals surface area contributed by atoms with Gasteiger partial charge in [-0.2, -0.15) is 0 Å². The highest BCUT2D eigenvalue weighted by atomic mass is 16.5. The summed E-state index contributed by atoms with van der Waals surface area (Å²) in [5.74, 6) is 1.57. The van der Waals surface area contributed by atoms with E-state index in [9.17, 15) is 9.90 Å². The van der Waals surface area contributed by atoms with E-state index in [4.69, 9.17) is 9.15 Å². The number of hydrogen-bond donors (Lipinski definition) is 1. The highest BCUT2D eigenvalue weighted by Crippen LogP contribution is 2.22. The lowest BCUT2D eigenvalue weighted by molar-refractivity contribution is 0.0663. The SMILES string of the molecule is Cc1cc(=O)oc2cc(OCC(O)CN3CCN(c4ccccn4)CC3)ccc12. The van der Waals surface area contributed by atoms with Gasteiger partial charge in [-0.3, -0.25) is 4.90 Å². The molecule has 1 unspecified atom stereocenters. The summed E-state index contributed by atoms with van der Waals surface area (Å²) in [4.78, 5) is 20.4. The number of rotatable bonds is 6. The van der Waals surface area contributed by atoms with E-state index in [2.05, 4.69) is 14.8 Å². The van der Waals surface area contributed by atoms with E-state index < -0.39 is 6.10 Å². The van der Waals surface area contributed by atoms with E-state index in [0.717, 1.165) is 42.9 Å². The number of ether oxygens (including phenoxy) is 1. The maximum absolute atomic E-state index is 11.6. The van der Waals surface area contributed by atoms with Crippen LogP contribution in [0.25, 0.3) is 11.0 Å². The van der Waals surface area contributed by atoms with Gasteiger partial charge in [0.05, 0.1) is 0 Å². The van der Waals surface area contributed by atoms with Gasteiger partial charge in [0.1, 0.15) is 29.9 Å². The largest absolute Gasteiger partial charge is 0.491 e. The molecule has 0 spiro atoms. The van der Waals surface area contributed by atoms with Crippen LogP contribution in [0.2, 0.25) is 0 Å². The van der Waals surface area contributed by atoms with Crippen LogP contribution in [0, 0.1) is 6.92 Å². The molecule has 3 heterocycles. The van der Waals surface area contributed by atoms with E-state index in [0.29, 0.717) is 17.9 Å². The molecule has 0 aliphatic carbocycles. The molecule has 7 heteroatoms. The molecular formula is C22H25N3O4. The fraction of sp³-hybridized carbons (Fsp3) is 0.364. The molecule has 1 aliphatic heterocycles. The summed E-state index contributed by atoms with van der Waals surface area (Å²) in [5, 5.41) is 11.3. The minimum absolute atomic E-state index is 0.183. The molecule has 0 saturated carbocycles. The normalized spacial score (nSPS) is 16.1. The number of pyridine rings is 1. The van der Waals surface area contributed by atoms with Crippen molar-refractivity contribution in [2.24, 2.45) is 0 Å². The van der Waals surface area contributed by atoms with Crippen molar-refractivity contribution < 1.29 is 14.3 Å². The van der Waals surface area contributed by atoms with Gasteiger partial charge in [-0.1, -0.05) is 6.07 Å². The first-order valence-corrected chi connectivity index (χ1v) is 9.82. The van der Waals surface area contributed by atoms with Crippen LogP contribution in [0.4, 0.5) is 5.82 Å². The molecule has 1 saturated heterocycles. The monoisotopic (exact) mass is 395 g/mol. The Morgan fingerprint density at radius 1 is 1.17 bits per heavy atom. The van der Waals surface area contributed by atoms with Gasteiger partial charge in [-0.15, -0.1) is 0 Å². The summed E-state index contributed by atoms with van der Waals surface area (Å²) in [7, 11) is 0. The average Bonchev–Trinajstić information content (AvgIpc) is 2.73. The van der Waals surface area contributed by atoms with E-state index in [1.807, 2.05) is 43.5 Å². The number of anilines is 1. The van der Waals surface area contributed by atoms with E-state index >= 15 is 0 Å². The summed E-state index contributed by atoms with van der Waals surface area (Å²) in [6, 6.07) is 12.8. The first-order chi connectivity index (χ1) is 14.1. The number of piperazine rings is 1. The van der Waals surface area contributed by atoms with E-state index in [1.165, 1.54) is 6.07 Å². The van der Waals surface area contributed by atoms with Crippen LogP contribution in [0.5, 0.6) is 5.75 Å². The highest BCUT2D eigenvalue weighted by Gasteiger charge is 2.20. The predicted molar refractivity (Wildman–Crippen MR) is 112 cm³/mol. The van der Waals surface area contributed by atoms with Crippen molar-refractivity contribution in [3.05, 3.63) is 64.6 Å². The number of aliphatic hydroxyl groups excluding tert-OH is 1. The number of β-amino-alcohol motifs (C(OH)–C–C–N with tert-alkyl or cyclic N) is 1. The van der Waals surface area contributed by atoms with Crippen molar-refractivity contribution in [1.29, 1.82) is 0 Å². The smallest absolute Gasteiger partial charge is 0.336 e. The van der Waals surface area contributed by atoms with Crippen LogP contribution >= 0.6 is 0 Å². The summed E-state index contributed by atoms with van der Waals surface area (Å²) in [5.41, 5.74) is 0.984. The molecule has 0 amide bonds. The molecule has 152 valence electrons. The Bertz CT molecular complexity index is 1010. The third-order valence-corrected chi connectivity index (χ3v) is 5.18. The number of aromatic nitrogens is 1. The average molecular weight is 395 g/mol. The minimum Gasteiger partial charge on any atom is -0.491 e. The van der Waals surface area contributed by atoms with E-state index in [-0.39, 0.29) is 12.2 Å². The lowest BCUT2D eigenvalue weighted by atomic mass is 10.1. The minimum atomic E-state index is -0.600. The van der Waals surface area contributed by atoms with Crippen molar-refractivity contribution in [2.75, 3.05) is 44.2 Å². The Kier molecular flexibility index (Phi) is 5.78. The zero-order valence-corrected chi connectivity index (χ0v) is 16.5. The molecule has 1 fully saturated rings. The summed E-state index contributed by atoms with van der Waals surface area (Å²) in [6.45, 7) is 6.11. The summed E-state index contributed by atoms with van der Waals surface area (Å²) >= 11 is 0. The van der Waals surface area contributed by atoms with Crippen LogP contribution in [0.15, 0.2) is 57.9 Å². The van der Waals surface area contributed by atoms with Crippen molar-refractivity contribution in [2.45, 2.75) is 13.0 Å². The second kappa shape index (κ2) is 8.63. The van der Waals surface area contributed by atoms with Crippen LogP contribution in [-0.2, 0) is 0 Å². The molecule has 3 aromatic rings. The lowest BCUT2D eigenvalue weighted by Gasteiger charge is -2.36. The first kappa shape index (κ1) is 19.4. The van der Waals surface area contributed by atoms with Crippen molar-refractivity contribution in [3.63, 3.8) is 0 Å². The molecule has 4 rings (SSSR count). The van der Waals surface area contributed by atoms with Crippen molar-refractivity contribution in [1.82, 2.24) is 9.88 Å². The quantitative estimate of drug-likeness (QED) is 0.640. The maximum atomic E-state index is 11.6. The molecule has 1 N–H and O–H groups in total. The molecule has 1 atom stereocenters. The fourth-order valence-corrected chi connectivity index (χ4v) is 3.64. The zero-order chi connectivity index (χ0) is 20.2.